The van der Waals surface area contributed by atoms with Crippen LogP contribution in [0.4, 0.5) is 0 Å². The van der Waals surface area contributed by atoms with Gasteiger partial charge in [-0.1, -0.05) is 12.4 Å². The predicted molar refractivity (Wildman–Crippen MR) is 84.3 cm³/mol. The van der Waals surface area contributed by atoms with Gasteiger partial charge in [-0.25, -0.2) is 4.68 Å². The first-order chi connectivity index (χ1) is 10.7. The lowest BCUT2D eigenvalue weighted by molar-refractivity contribution is 0.277. The molecule has 5 nitrogen and oxygen atoms in total. The third-order valence-corrected chi connectivity index (χ3v) is 3.96. The molecule has 0 aromatic carbocycles. The summed E-state index contributed by atoms with van der Waals surface area (Å²) in [5.41, 5.74) is 1.65. The van der Waals surface area contributed by atoms with Crippen LogP contribution in [0.2, 0.25) is 6.32 Å². The van der Waals surface area contributed by atoms with Gasteiger partial charge in [-0.15, -0.1) is 5.10 Å². The fraction of sp³-hybridized carbons (Fsp3) is 0.438. The molecule has 1 fully saturated rings. The zero-order valence-corrected chi connectivity index (χ0v) is 12.6. The number of aryl methyl sites for hydroxylation is 2. The maximum Gasteiger partial charge on any atom is 0.269 e. The molecular formula is C16H18BN3O2. The Kier molecular flexibility index (Phi) is 4.27. The van der Waals surface area contributed by atoms with Crippen molar-refractivity contribution in [2.75, 3.05) is 6.61 Å². The third-order valence-electron chi connectivity index (χ3n) is 3.96. The third kappa shape index (κ3) is 3.21. The van der Waals surface area contributed by atoms with Gasteiger partial charge in [-0.05, 0) is 25.0 Å². The molecule has 2 atom stereocenters. The number of rotatable bonds is 6. The molecule has 1 aliphatic rings. The molecule has 1 aliphatic carbocycles. The molecule has 0 saturated heterocycles. The molecule has 1 saturated carbocycles. The maximum absolute atomic E-state index is 11.9. The van der Waals surface area contributed by atoms with E-state index in [1.165, 1.54) is 4.68 Å². The van der Waals surface area contributed by atoms with Gasteiger partial charge in [-0.2, -0.15) is 0 Å². The quantitative estimate of drug-likeness (QED) is 0.758. The van der Waals surface area contributed by atoms with Crippen molar-refractivity contribution in [2.24, 2.45) is 13.0 Å². The second-order valence-electron chi connectivity index (χ2n) is 5.64. The van der Waals surface area contributed by atoms with Crippen LogP contribution in [0.5, 0.6) is 5.88 Å². The van der Waals surface area contributed by atoms with E-state index in [4.69, 9.17) is 12.6 Å². The molecule has 6 heteroatoms. The molecule has 2 heterocycles. The predicted octanol–water partition coefficient (Wildman–Crippen LogP) is 1.49. The highest BCUT2D eigenvalue weighted by atomic mass is 16.5. The molecule has 0 N–H and O–H groups in total. The van der Waals surface area contributed by atoms with Gasteiger partial charge in [0.15, 0.2) is 0 Å². The van der Waals surface area contributed by atoms with Gasteiger partial charge in [0.1, 0.15) is 0 Å². The monoisotopic (exact) mass is 295 g/mol. The van der Waals surface area contributed by atoms with E-state index in [-0.39, 0.29) is 5.56 Å². The minimum atomic E-state index is -0.115. The van der Waals surface area contributed by atoms with E-state index in [1.54, 1.807) is 13.1 Å². The SMILES string of the molecule is [B]CCc1cc(OC[C@H]2C[C@@H]2c2ccccn2)nn(C)c1=O. The lowest BCUT2D eigenvalue weighted by atomic mass is 9.98. The van der Waals surface area contributed by atoms with E-state index < -0.39 is 0 Å². The van der Waals surface area contributed by atoms with Crippen LogP contribution in [-0.2, 0) is 13.5 Å². The number of aromatic nitrogens is 3. The van der Waals surface area contributed by atoms with Gasteiger partial charge >= 0.3 is 0 Å². The van der Waals surface area contributed by atoms with Crippen LogP contribution in [0.1, 0.15) is 23.6 Å². The maximum atomic E-state index is 11.9. The average Bonchev–Trinajstić information content (AvgIpc) is 3.31. The lowest BCUT2D eigenvalue weighted by Crippen LogP contribution is -2.24. The molecule has 0 amide bonds. The molecular weight excluding hydrogens is 277 g/mol. The highest BCUT2D eigenvalue weighted by molar-refractivity contribution is 6.08. The van der Waals surface area contributed by atoms with Crippen LogP contribution in [-0.4, -0.2) is 29.2 Å². The van der Waals surface area contributed by atoms with E-state index in [1.807, 2.05) is 18.3 Å². The van der Waals surface area contributed by atoms with Gasteiger partial charge in [0.05, 0.1) is 14.5 Å². The summed E-state index contributed by atoms with van der Waals surface area (Å²) in [6.07, 6.45) is 3.87. The number of ether oxygens (including phenoxy) is 1. The van der Waals surface area contributed by atoms with Crippen LogP contribution in [0.25, 0.3) is 0 Å². The highest BCUT2D eigenvalue weighted by Gasteiger charge is 2.39. The molecule has 0 aliphatic heterocycles. The van der Waals surface area contributed by atoms with Crippen LogP contribution in [0, 0.1) is 5.92 Å². The molecule has 2 radical (unpaired) electrons. The van der Waals surface area contributed by atoms with Crippen molar-refractivity contribution in [1.82, 2.24) is 14.8 Å². The van der Waals surface area contributed by atoms with E-state index in [9.17, 15) is 4.79 Å². The molecule has 2 aromatic rings. The molecule has 2 aromatic heterocycles. The lowest BCUT2D eigenvalue weighted by Gasteiger charge is -2.08. The Morgan fingerprint density at radius 3 is 3.05 bits per heavy atom. The number of nitrogens with zero attached hydrogens (tertiary/aromatic N) is 3. The zero-order valence-electron chi connectivity index (χ0n) is 12.6. The van der Waals surface area contributed by atoms with E-state index >= 15 is 0 Å². The minimum absolute atomic E-state index is 0.115. The van der Waals surface area contributed by atoms with E-state index in [2.05, 4.69) is 16.1 Å². The summed E-state index contributed by atoms with van der Waals surface area (Å²) in [5, 5.41) is 4.14. The topological polar surface area (TPSA) is 57.0 Å². The van der Waals surface area contributed by atoms with Gasteiger partial charge < -0.3 is 4.74 Å². The Labute approximate surface area is 130 Å². The van der Waals surface area contributed by atoms with Crippen LogP contribution >= 0.6 is 0 Å². The standard InChI is InChI=1S/C16H18BN3O2/c1-20-16(21)11(5-6-17)9-15(19-20)22-10-12-8-13(12)14-4-2-3-7-18-14/h2-4,7,9,12-13H,5-6,8,10H2,1H3/t12-,13+/m1/s1. The number of pyridine rings is 1. The van der Waals surface area contributed by atoms with Crippen molar-refractivity contribution in [3.05, 3.63) is 52.1 Å². The molecule has 112 valence electrons. The van der Waals surface area contributed by atoms with E-state index in [0.29, 0.717) is 42.6 Å². The van der Waals surface area contributed by atoms with Crippen LogP contribution in [0.15, 0.2) is 35.3 Å². The first-order valence-corrected chi connectivity index (χ1v) is 7.50. The summed E-state index contributed by atoms with van der Waals surface area (Å²) >= 11 is 0. The smallest absolute Gasteiger partial charge is 0.269 e. The van der Waals surface area contributed by atoms with Gasteiger partial charge in [-0.3, -0.25) is 9.78 Å². The van der Waals surface area contributed by atoms with Crippen molar-refractivity contribution < 1.29 is 4.74 Å². The van der Waals surface area contributed by atoms with Gasteiger partial charge in [0.25, 0.3) is 5.56 Å². The Bertz CT molecular complexity index is 702. The largest absolute Gasteiger partial charge is 0.476 e. The second-order valence-corrected chi connectivity index (χ2v) is 5.64. The fourth-order valence-electron chi connectivity index (χ4n) is 2.63. The Morgan fingerprint density at radius 2 is 2.32 bits per heavy atom. The summed E-state index contributed by atoms with van der Waals surface area (Å²) in [6, 6.07) is 7.68. The van der Waals surface area contributed by atoms with Crippen molar-refractivity contribution >= 4 is 7.85 Å². The molecule has 0 spiro atoms. The number of hydrogen-bond donors (Lipinski definition) is 0. The van der Waals surface area contributed by atoms with Crippen molar-refractivity contribution in [3.8, 4) is 5.88 Å². The highest BCUT2D eigenvalue weighted by Crippen LogP contribution is 2.46. The van der Waals surface area contributed by atoms with Crippen molar-refractivity contribution in [3.63, 3.8) is 0 Å². The van der Waals surface area contributed by atoms with Crippen molar-refractivity contribution in [1.29, 1.82) is 0 Å². The minimum Gasteiger partial charge on any atom is -0.476 e. The normalized spacial score (nSPS) is 19.9. The van der Waals surface area contributed by atoms with Gasteiger partial charge in [0, 0.05) is 42.4 Å². The van der Waals surface area contributed by atoms with Crippen LogP contribution in [0.3, 0.4) is 0 Å². The first kappa shape index (κ1) is 14.8. The summed E-state index contributed by atoms with van der Waals surface area (Å²) in [6.45, 7) is 0.592. The summed E-state index contributed by atoms with van der Waals surface area (Å²) in [5.74, 6) is 1.42. The second kappa shape index (κ2) is 6.34. The Balaban J connectivity index is 1.62. The number of hydrogen-bond acceptors (Lipinski definition) is 4. The first-order valence-electron chi connectivity index (χ1n) is 7.50. The van der Waals surface area contributed by atoms with Gasteiger partial charge in [0.2, 0.25) is 5.88 Å². The Hall–Kier alpha value is -2.11. The molecule has 0 unspecified atom stereocenters. The molecule has 0 bridgehead atoms. The van der Waals surface area contributed by atoms with Crippen molar-refractivity contribution in [2.45, 2.75) is 25.1 Å². The molecule has 22 heavy (non-hydrogen) atoms. The summed E-state index contributed by atoms with van der Waals surface area (Å²) in [7, 11) is 7.16. The van der Waals surface area contributed by atoms with E-state index in [0.717, 1.165) is 12.1 Å². The zero-order chi connectivity index (χ0) is 15.5. The average molecular weight is 295 g/mol. The summed E-state index contributed by atoms with van der Waals surface area (Å²) in [4.78, 5) is 16.3. The molecule has 3 rings (SSSR count). The summed E-state index contributed by atoms with van der Waals surface area (Å²) < 4.78 is 7.07. The van der Waals surface area contributed by atoms with Crippen LogP contribution < -0.4 is 10.3 Å². The fourth-order valence-corrected chi connectivity index (χ4v) is 2.63. The Morgan fingerprint density at radius 1 is 1.45 bits per heavy atom.